The van der Waals surface area contributed by atoms with E-state index in [1.807, 2.05) is 6.07 Å². The number of rotatable bonds is 5. The highest BCUT2D eigenvalue weighted by molar-refractivity contribution is 5.79. The second-order valence-electron chi connectivity index (χ2n) is 2.88. The molecule has 0 N–H and O–H groups in total. The topological polar surface area (TPSA) is 74.0 Å². The summed E-state index contributed by atoms with van der Waals surface area (Å²) in [6.07, 6.45) is 1.33. The highest BCUT2D eigenvalue weighted by atomic mass is 16.8. The fourth-order valence-corrected chi connectivity index (χ4v) is 1.08. The molecular weight excluding hydrogens is 212 g/mol. The Kier molecular flexibility index (Phi) is 4.10. The predicted molar refractivity (Wildman–Crippen MR) is 57.8 cm³/mol. The molecule has 1 rings (SSSR count). The third-order valence-electron chi connectivity index (χ3n) is 1.94. The second kappa shape index (κ2) is 5.34. The van der Waals surface area contributed by atoms with Crippen LogP contribution in [0.1, 0.15) is 5.56 Å². The van der Waals surface area contributed by atoms with Crippen molar-refractivity contribution in [2.75, 3.05) is 14.2 Å². The molecule has 6 heteroatoms. The molecule has 0 saturated heterocycles. The molecule has 1 aromatic carbocycles. The summed E-state index contributed by atoms with van der Waals surface area (Å²) in [6.45, 7) is 0. The van der Waals surface area contributed by atoms with Gasteiger partial charge in [-0.1, -0.05) is 30.3 Å². The number of nitro groups is 1. The summed E-state index contributed by atoms with van der Waals surface area (Å²) in [5.41, 5.74) is 0.725. The Morgan fingerprint density at radius 3 is 2.31 bits per heavy atom. The number of methoxy groups -OCH3 is 2. The van der Waals surface area contributed by atoms with Gasteiger partial charge in [0.05, 0.1) is 0 Å². The number of aliphatic imine (C=N–C) groups is 1. The molecule has 0 spiro atoms. The van der Waals surface area contributed by atoms with Crippen molar-refractivity contribution in [2.45, 2.75) is 6.03 Å². The smallest absolute Gasteiger partial charge is 0.273 e. The third-order valence-corrected chi connectivity index (χ3v) is 1.94. The van der Waals surface area contributed by atoms with Gasteiger partial charge in [0.1, 0.15) is 4.92 Å². The van der Waals surface area contributed by atoms with E-state index in [4.69, 9.17) is 0 Å². The predicted octanol–water partition coefficient (Wildman–Crippen LogP) is 1.29. The van der Waals surface area contributed by atoms with E-state index < -0.39 is 11.0 Å². The first-order chi connectivity index (χ1) is 7.64. The summed E-state index contributed by atoms with van der Waals surface area (Å²) < 4.78 is 9.30. The first-order valence-electron chi connectivity index (χ1n) is 4.49. The molecule has 0 unspecified atom stereocenters. The van der Waals surface area contributed by atoms with Crippen molar-refractivity contribution in [2.24, 2.45) is 4.99 Å². The van der Waals surface area contributed by atoms with Gasteiger partial charge in [0, 0.05) is 20.4 Å². The zero-order valence-electron chi connectivity index (χ0n) is 8.99. The minimum Gasteiger partial charge on any atom is -0.273 e. The van der Waals surface area contributed by atoms with E-state index >= 15 is 0 Å². The molecule has 0 aliphatic heterocycles. The molecule has 0 aliphatic rings. The van der Waals surface area contributed by atoms with Crippen molar-refractivity contribution < 1.29 is 14.4 Å². The summed E-state index contributed by atoms with van der Waals surface area (Å²) >= 11 is 0. The van der Waals surface area contributed by atoms with Crippen LogP contribution in [0.3, 0.4) is 0 Å². The van der Waals surface area contributed by atoms with Crippen molar-refractivity contribution >= 4 is 6.21 Å². The largest absolute Gasteiger partial charge is 0.554 e. The minimum absolute atomic E-state index is 0.725. The Labute approximate surface area is 92.7 Å². The molecule has 1 aromatic rings. The molecule has 6 nitrogen and oxygen atoms in total. The fraction of sp³-hybridized carbons (Fsp3) is 0.300. The zero-order chi connectivity index (χ0) is 12.0. The van der Waals surface area contributed by atoms with Gasteiger partial charge in [-0.3, -0.25) is 19.6 Å². The van der Waals surface area contributed by atoms with Gasteiger partial charge in [-0.05, 0) is 5.56 Å². The summed E-state index contributed by atoms with van der Waals surface area (Å²) in [6, 6.07) is 6.79. The van der Waals surface area contributed by atoms with Crippen molar-refractivity contribution in [3.8, 4) is 0 Å². The number of nitrogens with zero attached hydrogens (tertiary/aromatic N) is 2. The van der Waals surface area contributed by atoms with E-state index in [1.54, 1.807) is 24.3 Å². The lowest BCUT2D eigenvalue weighted by Gasteiger charge is -2.15. The van der Waals surface area contributed by atoms with Gasteiger partial charge in [-0.25, -0.2) is 0 Å². The quantitative estimate of drug-likeness (QED) is 0.327. The van der Waals surface area contributed by atoms with E-state index in [1.165, 1.54) is 6.21 Å². The first-order valence-corrected chi connectivity index (χ1v) is 4.49. The van der Waals surface area contributed by atoms with Crippen LogP contribution >= 0.6 is 0 Å². The molecule has 0 saturated carbocycles. The van der Waals surface area contributed by atoms with Crippen LogP contribution < -0.4 is 0 Å². The highest BCUT2D eigenvalue weighted by Crippen LogP contribution is 2.13. The maximum Gasteiger partial charge on any atom is 0.554 e. The fourth-order valence-electron chi connectivity index (χ4n) is 1.08. The van der Waals surface area contributed by atoms with Gasteiger partial charge >= 0.3 is 6.03 Å². The lowest BCUT2D eigenvalue weighted by molar-refractivity contribution is -0.685. The van der Waals surface area contributed by atoms with Crippen molar-refractivity contribution in [3.63, 3.8) is 0 Å². The van der Waals surface area contributed by atoms with Crippen LogP contribution in [0, 0.1) is 10.1 Å². The number of benzene rings is 1. The molecule has 16 heavy (non-hydrogen) atoms. The molecule has 0 aliphatic carbocycles. The van der Waals surface area contributed by atoms with Crippen LogP contribution in [0.25, 0.3) is 0 Å². The van der Waals surface area contributed by atoms with E-state index in [0.717, 1.165) is 19.8 Å². The molecule has 0 heterocycles. The minimum atomic E-state index is -2.17. The van der Waals surface area contributed by atoms with Crippen molar-refractivity contribution in [3.05, 3.63) is 46.0 Å². The lowest BCUT2D eigenvalue weighted by Crippen LogP contribution is -2.40. The highest BCUT2D eigenvalue weighted by Gasteiger charge is 2.43. The number of hydrogen-bond donors (Lipinski definition) is 0. The molecule has 0 bridgehead atoms. The Bertz CT molecular complexity index is 374. The van der Waals surface area contributed by atoms with Gasteiger partial charge in [0.25, 0.3) is 0 Å². The van der Waals surface area contributed by atoms with E-state index in [9.17, 15) is 10.1 Å². The van der Waals surface area contributed by atoms with Gasteiger partial charge in [0.2, 0.25) is 0 Å². The Morgan fingerprint density at radius 2 is 1.88 bits per heavy atom. The molecule has 0 fully saturated rings. The molecule has 0 atom stereocenters. The van der Waals surface area contributed by atoms with Gasteiger partial charge < -0.3 is 0 Å². The Hall–Kier alpha value is -1.79. The standard InChI is InChI=1S/C10H12N2O4/c1-15-10(16-2,12(13)14)11-8-9-6-4-3-5-7-9/h3-8H,1-2H3/b11-8+. The van der Waals surface area contributed by atoms with Gasteiger partial charge in [-0.2, -0.15) is 4.99 Å². The maximum atomic E-state index is 10.7. The molecule has 0 amide bonds. The maximum absolute atomic E-state index is 10.7. The second-order valence-corrected chi connectivity index (χ2v) is 2.88. The summed E-state index contributed by atoms with van der Waals surface area (Å²) in [5.74, 6) is 0. The van der Waals surface area contributed by atoms with E-state index in [2.05, 4.69) is 14.5 Å². The summed E-state index contributed by atoms with van der Waals surface area (Å²) in [4.78, 5) is 13.7. The average Bonchev–Trinajstić information content (AvgIpc) is 2.32. The van der Waals surface area contributed by atoms with Crippen LogP contribution in [-0.2, 0) is 9.47 Å². The van der Waals surface area contributed by atoms with E-state index in [0.29, 0.717) is 0 Å². The number of ether oxygens (including phenoxy) is 2. The van der Waals surface area contributed by atoms with Crippen LogP contribution in [0.5, 0.6) is 0 Å². The Balaban J connectivity index is 2.92. The van der Waals surface area contributed by atoms with Crippen LogP contribution in [0.2, 0.25) is 0 Å². The van der Waals surface area contributed by atoms with Gasteiger partial charge in [-0.15, -0.1) is 0 Å². The number of hydrogen-bond acceptors (Lipinski definition) is 5. The van der Waals surface area contributed by atoms with Crippen molar-refractivity contribution in [1.82, 2.24) is 0 Å². The molecule has 0 radical (unpaired) electrons. The monoisotopic (exact) mass is 224 g/mol. The molecular formula is C10H12N2O4. The van der Waals surface area contributed by atoms with Crippen molar-refractivity contribution in [1.29, 1.82) is 0 Å². The normalized spacial score (nSPS) is 11.9. The summed E-state index contributed by atoms with van der Waals surface area (Å²) in [5, 5.41) is 10.7. The Morgan fingerprint density at radius 1 is 1.31 bits per heavy atom. The van der Waals surface area contributed by atoms with E-state index in [-0.39, 0.29) is 0 Å². The molecule has 0 aromatic heterocycles. The van der Waals surface area contributed by atoms with Crippen LogP contribution in [0.4, 0.5) is 0 Å². The van der Waals surface area contributed by atoms with Gasteiger partial charge in [0.15, 0.2) is 0 Å². The third kappa shape index (κ3) is 2.62. The summed E-state index contributed by atoms with van der Waals surface area (Å²) in [7, 11) is 2.32. The lowest BCUT2D eigenvalue weighted by atomic mass is 10.2. The zero-order valence-corrected chi connectivity index (χ0v) is 8.99. The average molecular weight is 224 g/mol. The van der Waals surface area contributed by atoms with Crippen LogP contribution in [0.15, 0.2) is 35.3 Å². The first kappa shape index (κ1) is 12.3. The molecule has 86 valence electrons. The van der Waals surface area contributed by atoms with Crippen LogP contribution in [-0.4, -0.2) is 31.4 Å². The SMILES string of the molecule is COC(/N=C/c1ccccc1)(OC)[N+](=O)[O-].